The van der Waals surface area contributed by atoms with Crippen LogP contribution in [0.1, 0.15) is 31.1 Å². The zero-order valence-electron chi connectivity index (χ0n) is 21.4. The second-order valence-corrected chi connectivity index (χ2v) is 9.69. The van der Waals surface area contributed by atoms with Gasteiger partial charge < -0.3 is 19.5 Å². The quantitative estimate of drug-likeness (QED) is 0.526. The number of amides is 2. The highest BCUT2D eigenvalue weighted by Gasteiger charge is 2.39. The van der Waals surface area contributed by atoms with Crippen LogP contribution in [0.15, 0.2) is 53.7 Å². The monoisotopic (exact) mass is 526 g/mol. The number of aromatic nitrogens is 3. The Labute approximate surface area is 217 Å². The van der Waals surface area contributed by atoms with E-state index in [1.807, 2.05) is 18.7 Å². The third-order valence-electron chi connectivity index (χ3n) is 6.42. The Bertz CT molecular complexity index is 1410. The smallest absolute Gasteiger partial charge is 0.255 e. The first-order valence-corrected chi connectivity index (χ1v) is 11.9. The number of benzene rings is 1. The van der Waals surface area contributed by atoms with E-state index < -0.39 is 23.2 Å². The molecule has 200 valence electrons. The first kappa shape index (κ1) is 26.9. The first-order chi connectivity index (χ1) is 17.9. The summed E-state index contributed by atoms with van der Waals surface area (Å²) >= 11 is 0. The SMILES string of the molecule is C[C@H](C(=O)Nc1cnc(Oc2ccc(F)cc2F)cn1)N1CCN(C(=O)c2ccc(=O)n(C)c2)C(C)(C)C1. The Hall–Kier alpha value is -4.19. The number of halogens is 2. The molecule has 1 N–H and O–H groups in total. The minimum absolute atomic E-state index is 0.0254. The van der Waals surface area contributed by atoms with E-state index in [-0.39, 0.29) is 34.8 Å². The molecule has 1 saturated heterocycles. The normalized spacial score (nSPS) is 16.1. The minimum atomic E-state index is -0.878. The molecule has 2 aromatic heterocycles. The largest absolute Gasteiger partial charge is 0.434 e. The van der Waals surface area contributed by atoms with Gasteiger partial charge in [-0.25, -0.2) is 18.7 Å². The lowest BCUT2D eigenvalue weighted by molar-refractivity contribution is -0.122. The van der Waals surface area contributed by atoms with Crippen LogP contribution in [0.5, 0.6) is 11.6 Å². The number of carbonyl (C=O) groups is 2. The van der Waals surface area contributed by atoms with Gasteiger partial charge >= 0.3 is 0 Å². The van der Waals surface area contributed by atoms with Gasteiger partial charge in [-0.3, -0.25) is 19.3 Å². The van der Waals surface area contributed by atoms with Gasteiger partial charge in [-0.1, -0.05) is 0 Å². The summed E-state index contributed by atoms with van der Waals surface area (Å²) in [6.07, 6.45) is 4.02. The maximum atomic E-state index is 13.8. The van der Waals surface area contributed by atoms with Crippen molar-refractivity contribution >= 4 is 17.6 Å². The number of hydrogen-bond acceptors (Lipinski definition) is 7. The third-order valence-corrected chi connectivity index (χ3v) is 6.42. The molecule has 3 aromatic rings. The Morgan fingerprint density at radius 1 is 1.11 bits per heavy atom. The van der Waals surface area contributed by atoms with E-state index in [1.54, 1.807) is 18.9 Å². The van der Waals surface area contributed by atoms with Gasteiger partial charge in [0.1, 0.15) is 5.82 Å². The lowest BCUT2D eigenvalue weighted by Gasteiger charge is -2.48. The lowest BCUT2D eigenvalue weighted by Crippen LogP contribution is -2.63. The number of ether oxygens (including phenoxy) is 1. The van der Waals surface area contributed by atoms with Crippen molar-refractivity contribution in [3.05, 3.63) is 76.5 Å². The van der Waals surface area contributed by atoms with Crippen LogP contribution in [0.3, 0.4) is 0 Å². The highest BCUT2D eigenvalue weighted by atomic mass is 19.1. The molecule has 38 heavy (non-hydrogen) atoms. The fourth-order valence-corrected chi connectivity index (χ4v) is 4.28. The van der Waals surface area contributed by atoms with Crippen LogP contribution in [0.25, 0.3) is 0 Å². The molecule has 1 atom stereocenters. The number of hydrogen-bond donors (Lipinski definition) is 1. The molecule has 4 rings (SSSR count). The van der Waals surface area contributed by atoms with E-state index in [0.29, 0.717) is 31.3 Å². The molecule has 3 heterocycles. The van der Waals surface area contributed by atoms with Crippen LogP contribution in [-0.4, -0.2) is 67.4 Å². The molecule has 0 radical (unpaired) electrons. The first-order valence-electron chi connectivity index (χ1n) is 11.9. The van der Waals surface area contributed by atoms with Gasteiger partial charge in [-0.2, -0.15) is 0 Å². The number of anilines is 1. The fourth-order valence-electron chi connectivity index (χ4n) is 4.28. The molecule has 2 amide bonds. The van der Waals surface area contributed by atoms with Gasteiger partial charge in [-0.05, 0) is 39.0 Å². The molecule has 0 aliphatic carbocycles. The van der Waals surface area contributed by atoms with Crippen LogP contribution in [0.4, 0.5) is 14.6 Å². The molecule has 0 spiro atoms. The Kier molecular flexibility index (Phi) is 7.53. The number of pyridine rings is 1. The molecule has 0 bridgehead atoms. The molecular formula is C26H28F2N6O4. The number of nitrogens with one attached hydrogen (secondary N) is 1. The zero-order chi connectivity index (χ0) is 27.6. The van der Waals surface area contributed by atoms with Crippen molar-refractivity contribution in [2.24, 2.45) is 7.05 Å². The van der Waals surface area contributed by atoms with E-state index in [9.17, 15) is 23.2 Å². The number of carbonyl (C=O) groups excluding carboxylic acids is 2. The predicted molar refractivity (Wildman–Crippen MR) is 135 cm³/mol. The summed E-state index contributed by atoms with van der Waals surface area (Å²) in [7, 11) is 1.60. The van der Waals surface area contributed by atoms with Gasteiger partial charge in [0, 0.05) is 45.0 Å². The lowest BCUT2D eigenvalue weighted by atomic mass is 9.96. The van der Waals surface area contributed by atoms with Crippen LogP contribution >= 0.6 is 0 Å². The number of aryl methyl sites for hydroxylation is 1. The molecule has 0 saturated carbocycles. The second kappa shape index (κ2) is 10.7. The topological polar surface area (TPSA) is 110 Å². The van der Waals surface area contributed by atoms with Crippen molar-refractivity contribution in [1.29, 1.82) is 0 Å². The summed E-state index contributed by atoms with van der Waals surface area (Å²) in [4.78, 5) is 49.6. The highest BCUT2D eigenvalue weighted by molar-refractivity contribution is 5.95. The molecule has 1 fully saturated rings. The maximum Gasteiger partial charge on any atom is 0.255 e. The van der Waals surface area contributed by atoms with Crippen molar-refractivity contribution < 1.29 is 23.1 Å². The highest BCUT2D eigenvalue weighted by Crippen LogP contribution is 2.26. The standard InChI is InChI=1S/C26H28F2N6O4/c1-16(24(36)31-21-12-30-22(13-29-21)38-20-7-6-18(27)11-19(20)28)33-9-10-34(26(2,3)15-33)25(37)17-5-8-23(35)32(4)14-17/h5-8,11-14,16H,9-10,15H2,1-4H3,(H,29,31,36)/t16-/m1/s1. The maximum absolute atomic E-state index is 13.8. The van der Waals surface area contributed by atoms with Crippen LogP contribution in [-0.2, 0) is 11.8 Å². The van der Waals surface area contributed by atoms with Crippen molar-refractivity contribution in [3.63, 3.8) is 0 Å². The molecule has 1 aromatic carbocycles. The van der Waals surface area contributed by atoms with Gasteiger partial charge in [0.2, 0.25) is 17.3 Å². The Balaban J connectivity index is 1.36. The summed E-state index contributed by atoms with van der Waals surface area (Å²) in [6.45, 7) is 6.93. The number of rotatable bonds is 6. The summed E-state index contributed by atoms with van der Waals surface area (Å²) in [5.74, 6) is -2.15. The molecule has 12 heteroatoms. The van der Waals surface area contributed by atoms with Gasteiger partial charge in [0.25, 0.3) is 5.91 Å². The second-order valence-electron chi connectivity index (χ2n) is 9.69. The summed E-state index contributed by atoms with van der Waals surface area (Å²) < 4.78 is 33.5. The van der Waals surface area contributed by atoms with E-state index >= 15 is 0 Å². The van der Waals surface area contributed by atoms with Crippen LogP contribution in [0, 0.1) is 11.6 Å². The third kappa shape index (κ3) is 5.86. The van der Waals surface area contributed by atoms with Gasteiger partial charge in [0.05, 0.1) is 29.5 Å². The Morgan fingerprint density at radius 2 is 1.87 bits per heavy atom. The predicted octanol–water partition coefficient (Wildman–Crippen LogP) is 2.81. The van der Waals surface area contributed by atoms with E-state index in [4.69, 9.17) is 4.74 Å². The van der Waals surface area contributed by atoms with Crippen molar-refractivity contribution in [2.45, 2.75) is 32.4 Å². The average molecular weight is 527 g/mol. The molecule has 10 nitrogen and oxygen atoms in total. The van der Waals surface area contributed by atoms with E-state index in [2.05, 4.69) is 15.3 Å². The molecule has 1 aliphatic rings. The van der Waals surface area contributed by atoms with Crippen molar-refractivity contribution in [3.8, 4) is 11.6 Å². The number of nitrogens with zero attached hydrogens (tertiary/aromatic N) is 5. The van der Waals surface area contributed by atoms with Crippen LogP contribution < -0.4 is 15.6 Å². The molecule has 1 aliphatic heterocycles. The summed E-state index contributed by atoms with van der Waals surface area (Å²) in [5, 5.41) is 2.70. The molecule has 0 unspecified atom stereocenters. The zero-order valence-corrected chi connectivity index (χ0v) is 21.4. The molecular weight excluding hydrogens is 498 g/mol. The van der Waals surface area contributed by atoms with Crippen molar-refractivity contribution in [2.75, 3.05) is 25.0 Å². The van der Waals surface area contributed by atoms with Crippen molar-refractivity contribution in [1.82, 2.24) is 24.3 Å². The summed E-state index contributed by atoms with van der Waals surface area (Å²) in [5.41, 5.74) is -0.348. The number of piperazine rings is 1. The van der Waals surface area contributed by atoms with Crippen LogP contribution in [0.2, 0.25) is 0 Å². The average Bonchev–Trinajstić information content (AvgIpc) is 2.87. The fraction of sp³-hybridized carbons (Fsp3) is 0.346. The van der Waals surface area contributed by atoms with Gasteiger partial charge in [-0.15, -0.1) is 0 Å². The Morgan fingerprint density at radius 3 is 2.50 bits per heavy atom. The summed E-state index contributed by atoms with van der Waals surface area (Å²) in [6, 6.07) is 5.25. The van der Waals surface area contributed by atoms with Gasteiger partial charge in [0.15, 0.2) is 17.4 Å². The van der Waals surface area contributed by atoms with E-state index in [0.717, 1.165) is 12.1 Å². The van der Waals surface area contributed by atoms with E-state index in [1.165, 1.54) is 35.3 Å². The minimum Gasteiger partial charge on any atom is -0.434 e.